The number of nitrogens with zero attached hydrogens (tertiary/aromatic N) is 3. The molecule has 0 bridgehead atoms. The van der Waals surface area contributed by atoms with E-state index in [1.807, 2.05) is 41.9 Å². The molecule has 59 heavy (non-hydrogen) atoms. The van der Waals surface area contributed by atoms with Crippen LogP contribution in [0.5, 0.6) is 0 Å². The Morgan fingerprint density at radius 3 is 1.37 bits per heavy atom. The smallest absolute Gasteiger partial charge is 0.461 e. The Morgan fingerprint density at radius 1 is 0.661 bits per heavy atom. The SMILES string of the molecule is Brc1ccc(Br)nc1.CC.CCOC(=O)C(F)(F)Br.CCOC(=O)C(F)(F)c1ccc(Br)cn1.O=C(c1ccc(F)cc1F)C(F)(F)c1ccc(Br)cn1.[CH2-]CCC.[Li+]. The van der Waals surface area contributed by atoms with Gasteiger partial charge in [-0.05, 0) is 126 Å². The predicted octanol–water partition coefficient (Wildman–Crippen LogP) is 10.4. The minimum atomic E-state index is -4.00. The molecule has 0 aliphatic heterocycles. The molecule has 0 amide bonds. The van der Waals surface area contributed by atoms with Crippen molar-refractivity contribution in [3.63, 3.8) is 0 Å². The molecule has 1 aromatic carbocycles. The van der Waals surface area contributed by atoms with E-state index in [0.29, 0.717) is 21.1 Å². The van der Waals surface area contributed by atoms with Crippen LogP contribution in [0.15, 0.2) is 91.2 Å². The minimum Gasteiger partial charge on any atom is -0.461 e. The molecule has 0 spiro atoms. The van der Waals surface area contributed by atoms with Crippen molar-refractivity contribution in [2.75, 3.05) is 13.2 Å². The van der Waals surface area contributed by atoms with Crippen molar-refractivity contribution in [3.8, 4) is 0 Å². The molecule has 0 fully saturated rings. The molecule has 4 aromatic rings. The number of hydrogen-bond donors (Lipinski definition) is 0. The summed E-state index contributed by atoms with van der Waals surface area (Å²) in [5.41, 5.74) is -2.32. The second-order valence-corrected chi connectivity index (χ2v) is 14.5. The Kier molecular flexibility index (Phi) is 32.6. The third kappa shape index (κ3) is 24.1. The summed E-state index contributed by atoms with van der Waals surface area (Å²) in [5.74, 6) is -14.9. The number of aromatic nitrogens is 3. The van der Waals surface area contributed by atoms with Crippen LogP contribution in [-0.2, 0) is 30.9 Å². The Balaban J connectivity index is -0.000000710. The van der Waals surface area contributed by atoms with Crippen molar-refractivity contribution in [3.05, 3.63) is 127 Å². The van der Waals surface area contributed by atoms with Crippen LogP contribution in [0.1, 0.15) is 69.2 Å². The summed E-state index contributed by atoms with van der Waals surface area (Å²) in [6.45, 7) is 12.5. The zero-order chi connectivity index (χ0) is 45.3. The summed E-state index contributed by atoms with van der Waals surface area (Å²) in [6, 6.07) is 10.3. The van der Waals surface area contributed by atoms with Gasteiger partial charge in [-0.15, -0.1) is 0 Å². The van der Waals surface area contributed by atoms with E-state index in [0.717, 1.165) is 39.9 Å². The van der Waals surface area contributed by atoms with E-state index in [4.69, 9.17) is 0 Å². The molecule has 8 nitrogen and oxygen atoms in total. The third-order valence-corrected chi connectivity index (χ3v) is 7.84. The number of alkyl halides is 7. The molecule has 0 saturated heterocycles. The van der Waals surface area contributed by atoms with Crippen LogP contribution in [0.25, 0.3) is 0 Å². The summed E-state index contributed by atoms with van der Waals surface area (Å²) in [6.07, 6.45) is 6.31. The molecule has 3 heterocycles. The van der Waals surface area contributed by atoms with Gasteiger partial charge in [-0.1, -0.05) is 27.2 Å². The fourth-order valence-corrected chi connectivity index (χ4v) is 4.03. The van der Waals surface area contributed by atoms with E-state index >= 15 is 0 Å². The first-order chi connectivity index (χ1) is 27.0. The van der Waals surface area contributed by atoms with Gasteiger partial charge in [-0.25, -0.2) is 23.4 Å². The van der Waals surface area contributed by atoms with Crippen LogP contribution in [-0.4, -0.2) is 50.7 Å². The molecule has 0 unspecified atom stereocenters. The number of hydrogen-bond acceptors (Lipinski definition) is 8. The van der Waals surface area contributed by atoms with Crippen LogP contribution in [0.4, 0.5) is 35.1 Å². The van der Waals surface area contributed by atoms with Crippen LogP contribution in [0.2, 0.25) is 0 Å². The second kappa shape index (κ2) is 31.5. The van der Waals surface area contributed by atoms with Crippen molar-refractivity contribution < 1.29 is 77.8 Å². The molecular formula is C37H37Br5F8LiN3O5. The first-order valence-corrected chi connectivity index (χ1v) is 20.4. The van der Waals surface area contributed by atoms with Gasteiger partial charge in [0.25, 0.3) is 0 Å². The van der Waals surface area contributed by atoms with Gasteiger partial charge in [0.2, 0.25) is 5.78 Å². The number of ketones is 1. The molecular weight excluding hydrogens is 1120 g/mol. The van der Waals surface area contributed by atoms with Crippen molar-refractivity contribution >= 4 is 97.4 Å². The molecule has 0 aliphatic rings. The molecule has 0 N–H and O–H groups in total. The van der Waals surface area contributed by atoms with Crippen molar-refractivity contribution in [2.24, 2.45) is 0 Å². The Bertz CT molecular complexity index is 1790. The Labute approximate surface area is 391 Å². The molecule has 4 rings (SSSR count). The van der Waals surface area contributed by atoms with Gasteiger partial charge >= 0.3 is 47.5 Å². The van der Waals surface area contributed by atoms with Gasteiger partial charge in [-0.2, -0.15) is 32.8 Å². The Morgan fingerprint density at radius 2 is 1.07 bits per heavy atom. The van der Waals surface area contributed by atoms with E-state index in [-0.39, 0.29) is 32.1 Å². The fourth-order valence-electron chi connectivity index (χ4n) is 2.98. The number of rotatable bonds is 9. The van der Waals surface area contributed by atoms with Crippen LogP contribution in [0.3, 0.4) is 0 Å². The monoisotopic (exact) mass is 1160 g/mol. The molecule has 3 aromatic heterocycles. The quantitative estimate of drug-likeness (QED) is 0.0310. The summed E-state index contributed by atoms with van der Waals surface area (Å²) >= 11 is 14.4. The van der Waals surface area contributed by atoms with Crippen molar-refractivity contribution in [2.45, 2.75) is 64.1 Å². The summed E-state index contributed by atoms with van der Waals surface area (Å²) < 4.78 is 115. The maximum Gasteiger partial charge on any atom is 1.00 e. The molecule has 0 radical (unpaired) electrons. The second-order valence-electron chi connectivity index (χ2n) is 9.92. The topological polar surface area (TPSA) is 108 Å². The predicted molar refractivity (Wildman–Crippen MR) is 221 cm³/mol. The molecule has 0 atom stereocenters. The van der Waals surface area contributed by atoms with E-state index in [1.165, 1.54) is 38.6 Å². The molecule has 0 aliphatic carbocycles. The number of halogens is 13. The summed E-state index contributed by atoms with van der Waals surface area (Å²) in [7, 11) is 0. The van der Waals surface area contributed by atoms with E-state index < -0.39 is 63.0 Å². The largest absolute Gasteiger partial charge is 1.00 e. The van der Waals surface area contributed by atoms with Crippen LogP contribution >= 0.6 is 79.6 Å². The van der Waals surface area contributed by atoms with Crippen molar-refractivity contribution in [1.82, 2.24) is 15.0 Å². The van der Waals surface area contributed by atoms with E-state index in [2.05, 4.69) is 102 Å². The summed E-state index contributed by atoms with van der Waals surface area (Å²) in [5, 5.41) is 0. The standard InChI is InChI=1S/C13H6BrF4NO.C9H8BrF2NO2.C5H3Br2N.C4H5BrF2O2.C4H9.C2H6.Li/c14-7-1-4-11(19-6-7)13(17,18)12(20)9-3-2-8(15)5-10(9)16;1-2-15-8(14)9(11,12)7-4-3-6(10)5-13-7;6-4-1-2-5(7)8-3-4;1-2-9-3(8)4(5,6)7;1-3-4-2;1-2;/h1-6H;3-5H,2H2,1H3;1-3H;2H2,1H3;1,3-4H2,2H3;1-2H3;/q;;;;-1;;+1. The maximum atomic E-state index is 14.0. The van der Waals surface area contributed by atoms with Gasteiger partial charge in [0, 0.05) is 54.0 Å². The number of Topliss-reactive ketones (excluding diaryl/α,β-unsaturated/α-hetero) is 1. The Hall–Kier alpha value is -2.28. The number of carbonyl (C=O) groups excluding carboxylic acids is 3. The van der Waals surface area contributed by atoms with E-state index in [9.17, 15) is 49.5 Å². The average Bonchev–Trinajstić information content (AvgIpc) is 3.17. The molecule has 322 valence electrons. The normalized spacial score (nSPS) is 10.3. The van der Waals surface area contributed by atoms with Gasteiger partial charge in [0.1, 0.15) is 27.6 Å². The van der Waals surface area contributed by atoms with Gasteiger partial charge < -0.3 is 16.4 Å². The maximum absolute atomic E-state index is 14.0. The number of esters is 2. The number of unbranched alkanes of at least 4 members (excludes halogenated alkanes) is 1. The third-order valence-electron chi connectivity index (χ3n) is 5.64. The van der Waals surface area contributed by atoms with Gasteiger partial charge in [0.15, 0.2) is 0 Å². The zero-order valence-electron chi connectivity index (χ0n) is 32.3. The fraction of sp³-hybridized carbons (Fsp3) is 0.324. The van der Waals surface area contributed by atoms with Crippen LogP contribution in [0, 0.1) is 18.6 Å². The van der Waals surface area contributed by atoms with Gasteiger partial charge in [0.05, 0.1) is 18.8 Å². The average molecular weight is 1160 g/mol. The minimum absolute atomic E-state index is 0. The van der Waals surface area contributed by atoms with E-state index in [1.54, 1.807) is 6.20 Å². The van der Waals surface area contributed by atoms with Gasteiger partial charge in [-0.3, -0.25) is 14.8 Å². The number of pyridine rings is 3. The number of benzene rings is 1. The molecule has 0 saturated carbocycles. The van der Waals surface area contributed by atoms with Crippen molar-refractivity contribution in [1.29, 1.82) is 0 Å². The zero-order valence-corrected chi connectivity index (χ0v) is 40.2. The number of ether oxygens (including phenoxy) is 2. The number of carbonyl (C=O) groups is 3. The first kappa shape index (κ1) is 61.0. The molecule has 22 heteroatoms. The first-order valence-electron chi connectivity index (χ1n) is 16.5. The summed E-state index contributed by atoms with van der Waals surface area (Å²) in [4.78, 5) is 40.0. The van der Waals surface area contributed by atoms with Crippen LogP contribution < -0.4 is 18.9 Å².